The molecular weight excluding hydrogens is 246 g/mol. The molecular formula is C13H21N3OS. The molecule has 4 nitrogen and oxygen atoms in total. The molecule has 0 radical (unpaired) electrons. The second kappa shape index (κ2) is 7.38. The molecule has 2 rings (SSSR count). The Kier molecular flexibility index (Phi) is 5.48. The summed E-state index contributed by atoms with van der Waals surface area (Å²) in [5.74, 6) is 0.874. The number of nitrogens with one attached hydrogen (secondary N) is 2. The lowest BCUT2D eigenvalue weighted by Crippen LogP contribution is -2.41. The van der Waals surface area contributed by atoms with Gasteiger partial charge in [-0.15, -0.1) is 0 Å². The maximum absolute atomic E-state index is 5.59. The van der Waals surface area contributed by atoms with Crippen LogP contribution in [0.3, 0.4) is 0 Å². The fraction of sp³-hybridized carbons (Fsp3) is 0.615. The van der Waals surface area contributed by atoms with E-state index in [1.807, 2.05) is 0 Å². The maximum Gasteiger partial charge on any atom is 0.191 e. The number of hydrogen-bond donors (Lipinski definition) is 2. The first-order chi connectivity index (χ1) is 8.88. The first-order valence-electron chi connectivity index (χ1n) is 6.53. The molecule has 1 unspecified atom stereocenters. The normalized spacial score (nSPS) is 20.1. The Labute approximate surface area is 112 Å². The van der Waals surface area contributed by atoms with Crippen LogP contribution in [-0.4, -0.2) is 31.8 Å². The maximum atomic E-state index is 5.59. The number of rotatable bonds is 5. The van der Waals surface area contributed by atoms with Crippen LogP contribution in [0.1, 0.15) is 25.3 Å². The molecule has 1 aromatic heterocycles. The molecule has 0 aromatic carbocycles. The van der Waals surface area contributed by atoms with Crippen molar-refractivity contribution in [1.82, 2.24) is 10.6 Å². The van der Waals surface area contributed by atoms with E-state index < -0.39 is 0 Å². The van der Waals surface area contributed by atoms with E-state index in [2.05, 4.69) is 39.4 Å². The van der Waals surface area contributed by atoms with E-state index in [1.165, 1.54) is 12.0 Å². The molecule has 1 aliphatic heterocycles. The second-order valence-electron chi connectivity index (χ2n) is 4.34. The highest BCUT2D eigenvalue weighted by atomic mass is 32.1. The van der Waals surface area contributed by atoms with Crippen molar-refractivity contribution in [2.24, 2.45) is 4.99 Å². The van der Waals surface area contributed by atoms with Crippen molar-refractivity contribution in [3.63, 3.8) is 0 Å². The van der Waals surface area contributed by atoms with Crippen LogP contribution in [0.15, 0.2) is 21.8 Å². The van der Waals surface area contributed by atoms with Crippen LogP contribution >= 0.6 is 11.3 Å². The fourth-order valence-electron chi connectivity index (χ4n) is 1.91. The lowest BCUT2D eigenvalue weighted by atomic mass is 10.2. The summed E-state index contributed by atoms with van der Waals surface area (Å²) in [7, 11) is 0. The Bertz CT molecular complexity index is 358. The molecule has 0 saturated carbocycles. The highest BCUT2D eigenvalue weighted by Crippen LogP contribution is 2.10. The third-order valence-corrected chi connectivity index (χ3v) is 3.60. The van der Waals surface area contributed by atoms with Gasteiger partial charge >= 0.3 is 0 Å². The molecule has 1 atom stereocenters. The minimum Gasteiger partial charge on any atom is -0.376 e. The van der Waals surface area contributed by atoms with Gasteiger partial charge in [0.2, 0.25) is 0 Å². The molecule has 0 aliphatic carbocycles. The van der Waals surface area contributed by atoms with E-state index >= 15 is 0 Å². The molecule has 100 valence electrons. The van der Waals surface area contributed by atoms with Crippen molar-refractivity contribution in [2.75, 3.05) is 19.7 Å². The Morgan fingerprint density at radius 2 is 2.50 bits per heavy atom. The van der Waals surface area contributed by atoms with E-state index in [1.54, 1.807) is 11.3 Å². The van der Waals surface area contributed by atoms with Gasteiger partial charge in [0.05, 0.1) is 12.6 Å². The van der Waals surface area contributed by atoms with Crippen LogP contribution in [0.2, 0.25) is 0 Å². The Balaban J connectivity index is 1.80. The average Bonchev–Trinajstić information content (AvgIpc) is 3.05. The van der Waals surface area contributed by atoms with Gasteiger partial charge in [-0.3, -0.25) is 0 Å². The predicted octanol–water partition coefficient (Wildman–Crippen LogP) is 1.98. The van der Waals surface area contributed by atoms with Crippen LogP contribution in [-0.2, 0) is 11.3 Å². The molecule has 1 aromatic rings. The van der Waals surface area contributed by atoms with Crippen molar-refractivity contribution in [2.45, 2.75) is 32.4 Å². The van der Waals surface area contributed by atoms with Gasteiger partial charge in [-0.1, -0.05) is 0 Å². The standard InChI is InChI=1S/C13H21N3OS/c1-2-14-13(15-8-11-5-7-18-10-11)16-9-12-4-3-6-17-12/h5,7,10,12H,2-4,6,8-9H2,1H3,(H2,14,15,16). The first kappa shape index (κ1) is 13.4. The van der Waals surface area contributed by atoms with Crippen LogP contribution < -0.4 is 10.6 Å². The highest BCUT2D eigenvalue weighted by molar-refractivity contribution is 7.07. The zero-order chi connectivity index (χ0) is 12.6. The number of hydrogen-bond acceptors (Lipinski definition) is 3. The van der Waals surface area contributed by atoms with Crippen LogP contribution in [0.5, 0.6) is 0 Å². The molecule has 1 fully saturated rings. The molecule has 2 heterocycles. The molecule has 5 heteroatoms. The molecule has 0 amide bonds. The summed E-state index contributed by atoms with van der Waals surface area (Å²) in [6.45, 7) is 5.42. The third-order valence-electron chi connectivity index (χ3n) is 2.87. The van der Waals surface area contributed by atoms with Gasteiger partial charge < -0.3 is 15.4 Å². The van der Waals surface area contributed by atoms with Crippen molar-refractivity contribution in [1.29, 1.82) is 0 Å². The van der Waals surface area contributed by atoms with E-state index in [0.29, 0.717) is 6.10 Å². The lowest BCUT2D eigenvalue weighted by molar-refractivity contribution is 0.114. The summed E-state index contributed by atoms with van der Waals surface area (Å²) in [4.78, 5) is 4.56. The molecule has 18 heavy (non-hydrogen) atoms. The summed E-state index contributed by atoms with van der Waals surface area (Å²) < 4.78 is 5.59. The van der Waals surface area contributed by atoms with Crippen LogP contribution in [0.4, 0.5) is 0 Å². The van der Waals surface area contributed by atoms with Gasteiger partial charge in [0.25, 0.3) is 0 Å². The Hall–Kier alpha value is -1.07. The van der Waals surface area contributed by atoms with Crippen molar-refractivity contribution < 1.29 is 4.74 Å². The Morgan fingerprint density at radius 3 is 3.17 bits per heavy atom. The number of nitrogens with zero attached hydrogens (tertiary/aromatic N) is 1. The van der Waals surface area contributed by atoms with E-state index in [0.717, 1.165) is 38.6 Å². The van der Waals surface area contributed by atoms with Gasteiger partial charge in [0.1, 0.15) is 0 Å². The van der Waals surface area contributed by atoms with Crippen LogP contribution in [0.25, 0.3) is 0 Å². The molecule has 2 N–H and O–H groups in total. The Morgan fingerprint density at radius 1 is 1.56 bits per heavy atom. The van der Waals surface area contributed by atoms with E-state index in [9.17, 15) is 0 Å². The van der Waals surface area contributed by atoms with Gasteiger partial charge in [-0.25, -0.2) is 4.99 Å². The molecule has 1 aliphatic rings. The lowest BCUT2D eigenvalue weighted by Gasteiger charge is -2.14. The van der Waals surface area contributed by atoms with Gasteiger partial charge in [0, 0.05) is 19.7 Å². The molecule has 0 spiro atoms. The van der Waals surface area contributed by atoms with Gasteiger partial charge in [0.15, 0.2) is 5.96 Å². The zero-order valence-electron chi connectivity index (χ0n) is 10.8. The minimum atomic E-state index is 0.343. The van der Waals surface area contributed by atoms with E-state index in [4.69, 9.17) is 4.74 Å². The number of guanidine groups is 1. The predicted molar refractivity (Wildman–Crippen MR) is 76.1 cm³/mol. The molecule has 1 saturated heterocycles. The van der Waals surface area contributed by atoms with Crippen molar-refractivity contribution >= 4 is 17.3 Å². The average molecular weight is 267 g/mol. The quantitative estimate of drug-likeness (QED) is 0.633. The van der Waals surface area contributed by atoms with Gasteiger partial charge in [-0.05, 0) is 42.2 Å². The summed E-state index contributed by atoms with van der Waals surface area (Å²) in [5, 5.41) is 10.8. The summed E-state index contributed by atoms with van der Waals surface area (Å²) in [6.07, 6.45) is 2.67. The van der Waals surface area contributed by atoms with Crippen molar-refractivity contribution in [3.05, 3.63) is 22.4 Å². The van der Waals surface area contributed by atoms with E-state index in [-0.39, 0.29) is 0 Å². The third kappa shape index (κ3) is 4.31. The smallest absolute Gasteiger partial charge is 0.191 e. The summed E-state index contributed by atoms with van der Waals surface area (Å²) in [6, 6.07) is 2.11. The summed E-state index contributed by atoms with van der Waals surface area (Å²) in [5.41, 5.74) is 1.26. The topological polar surface area (TPSA) is 45.7 Å². The van der Waals surface area contributed by atoms with Crippen LogP contribution in [0, 0.1) is 0 Å². The second-order valence-corrected chi connectivity index (χ2v) is 5.12. The highest BCUT2D eigenvalue weighted by Gasteiger charge is 2.15. The minimum absolute atomic E-state index is 0.343. The van der Waals surface area contributed by atoms with Crippen molar-refractivity contribution in [3.8, 4) is 0 Å². The number of ether oxygens (including phenoxy) is 1. The zero-order valence-corrected chi connectivity index (χ0v) is 11.6. The SMILES string of the molecule is CCNC(=NCc1ccsc1)NCC1CCCO1. The van der Waals surface area contributed by atoms with Gasteiger partial charge in [-0.2, -0.15) is 11.3 Å². The first-order valence-corrected chi connectivity index (χ1v) is 7.47. The fourth-order valence-corrected chi connectivity index (χ4v) is 2.57. The number of aliphatic imine (C=N–C) groups is 1. The molecule has 0 bridgehead atoms. The summed E-state index contributed by atoms with van der Waals surface area (Å²) >= 11 is 1.71. The monoisotopic (exact) mass is 267 g/mol. The largest absolute Gasteiger partial charge is 0.376 e. The number of thiophene rings is 1.